The minimum absolute atomic E-state index is 0.0428. The number of hydrogen-bond donors (Lipinski definition) is 1. The summed E-state index contributed by atoms with van der Waals surface area (Å²) in [6.45, 7) is 0.546. The van der Waals surface area contributed by atoms with Crippen LogP contribution in [0.1, 0.15) is 12.8 Å². The molecular weight excluding hydrogens is 302 g/mol. The molecule has 1 fully saturated rings. The van der Waals surface area contributed by atoms with Gasteiger partial charge in [0.1, 0.15) is 24.3 Å². The van der Waals surface area contributed by atoms with Crippen LogP contribution in [0.5, 0.6) is 5.75 Å². The zero-order chi connectivity index (χ0) is 16.2. The average molecular weight is 321 g/mol. The molecule has 2 rings (SSSR count). The van der Waals surface area contributed by atoms with E-state index < -0.39 is 18.2 Å². The number of aliphatic hydroxyl groups is 1. The maximum atomic E-state index is 12.7. The van der Waals surface area contributed by atoms with E-state index in [1.54, 1.807) is 4.90 Å². The fourth-order valence-corrected chi connectivity index (χ4v) is 2.56. The van der Waals surface area contributed by atoms with Crippen molar-refractivity contribution in [2.24, 2.45) is 5.92 Å². The summed E-state index contributed by atoms with van der Waals surface area (Å²) < 4.78 is 56.1. The van der Waals surface area contributed by atoms with Crippen molar-refractivity contribution >= 4 is 0 Å². The van der Waals surface area contributed by atoms with Crippen molar-refractivity contribution in [2.45, 2.75) is 25.1 Å². The highest BCUT2D eigenvalue weighted by molar-refractivity contribution is 5.22. The summed E-state index contributed by atoms with van der Waals surface area (Å²) >= 11 is 0. The largest absolute Gasteiger partial charge is 0.491 e. The number of halogens is 4. The molecule has 7 heteroatoms. The van der Waals surface area contributed by atoms with Gasteiger partial charge in [-0.2, -0.15) is 13.2 Å². The van der Waals surface area contributed by atoms with Crippen LogP contribution < -0.4 is 4.74 Å². The Bertz CT molecular complexity index is 464. The first kappa shape index (κ1) is 17.0. The molecule has 0 spiro atoms. The van der Waals surface area contributed by atoms with Crippen LogP contribution in [-0.4, -0.2) is 48.5 Å². The highest BCUT2D eigenvalue weighted by atomic mass is 19.4. The third-order valence-electron chi connectivity index (χ3n) is 3.69. The molecule has 3 nitrogen and oxygen atoms in total. The van der Waals surface area contributed by atoms with Crippen molar-refractivity contribution in [2.75, 3.05) is 26.2 Å². The molecule has 1 aromatic carbocycles. The van der Waals surface area contributed by atoms with Crippen LogP contribution >= 0.6 is 0 Å². The Labute approximate surface area is 126 Å². The molecule has 1 N–H and O–H groups in total. The monoisotopic (exact) mass is 321 g/mol. The van der Waals surface area contributed by atoms with Gasteiger partial charge >= 0.3 is 6.18 Å². The van der Waals surface area contributed by atoms with Crippen LogP contribution in [0.2, 0.25) is 0 Å². The number of benzene rings is 1. The van der Waals surface area contributed by atoms with E-state index in [-0.39, 0.29) is 31.9 Å². The number of likely N-dealkylation sites (tertiary alicyclic amines) is 1. The van der Waals surface area contributed by atoms with E-state index in [0.29, 0.717) is 18.7 Å². The van der Waals surface area contributed by atoms with Crippen molar-refractivity contribution in [3.05, 3.63) is 30.1 Å². The molecule has 0 amide bonds. The molecule has 22 heavy (non-hydrogen) atoms. The summed E-state index contributed by atoms with van der Waals surface area (Å²) in [5.74, 6) is -1.31. The molecule has 0 aromatic heterocycles. The minimum atomic E-state index is -4.19. The summed E-state index contributed by atoms with van der Waals surface area (Å²) in [7, 11) is 0. The van der Waals surface area contributed by atoms with E-state index in [1.165, 1.54) is 24.3 Å². The van der Waals surface area contributed by atoms with Crippen molar-refractivity contribution in [1.82, 2.24) is 4.90 Å². The first-order valence-corrected chi connectivity index (χ1v) is 7.20. The summed E-state index contributed by atoms with van der Waals surface area (Å²) in [4.78, 5) is 1.61. The number of aliphatic hydroxyl groups excluding tert-OH is 1. The Morgan fingerprint density at radius 1 is 1.27 bits per heavy atom. The van der Waals surface area contributed by atoms with E-state index in [9.17, 15) is 22.7 Å². The third kappa shape index (κ3) is 5.14. The number of piperidine rings is 1. The second kappa shape index (κ2) is 7.28. The zero-order valence-corrected chi connectivity index (χ0v) is 12.0. The molecule has 1 aliphatic heterocycles. The predicted octanol–water partition coefficient (Wildman–Crippen LogP) is 2.84. The molecule has 124 valence electrons. The van der Waals surface area contributed by atoms with Crippen molar-refractivity contribution < 1.29 is 27.4 Å². The molecule has 2 atom stereocenters. The lowest BCUT2D eigenvalue weighted by Crippen LogP contribution is -2.45. The topological polar surface area (TPSA) is 32.7 Å². The smallest absolute Gasteiger partial charge is 0.393 e. The van der Waals surface area contributed by atoms with Crippen molar-refractivity contribution in [3.63, 3.8) is 0 Å². The molecule has 0 bridgehead atoms. The molecule has 1 aromatic rings. The third-order valence-corrected chi connectivity index (χ3v) is 3.69. The predicted molar refractivity (Wildman–Crippen MR) is 73.1 cm³/mol. The van der Waals surface area contributed by atoms with E-state index in [0.717, 1.165) is 0 Å². The van der Waals surface area contributed by atoms with E-state index in [1.807, 2.05) is 0 Å². The zero-order valence-electron chi connectivity index (χ0n) is 12.0. The molecule has 0 aliphatic carbocycles. The molecule has 1 aliphatic rings. The molecule has 0 unspecified atom stereocenters. The van der Waals surface area contributed by atoms with Crippen LogP contribution in [0.4, 0.5) is 17.6 Å². The van der Waals surface area contributed by atoms with Gasteiger partial charge in [-0.3, -0.25) is 0 Å². The van der Waals surface area contributed by atoms with Crippen molar-refractivity contribution in [3.8, 4) is 5.75 Å². The summed E-state index contributed by atoms with van der Waals surface area (Å²) in [6, 6.07) is 5.34. The lowest BCUT2D eigenvalue weighted by atomic mass is 9.97. The second-order valence-electron chi connectivity index (χ2n) is 5.56. The van der Waals surface area contributed by atoms with Crippen LogP contribution in [0.3, 0.4) is 0 Å². The number of β-amino-alcohol motifs (C(OH)–C–C–N with tert-alkyl or cyclic N) is 1. The SMILES string of the molecule is O[C@H](COc1ccc(F)cc1)CN1CCC[C@@H](C(F)(F)F)C1. The van der Waals surface area contributed by atoms with Gasteiger partial charge in [0.05, 0.1) is 5.92 Å². The standard InChI is InChI=1S/C15H19F4NO2/c16-12-3-5-14(6-4-12)22-10-13(21)9-20-7-1-2-11(8-20)15(17,18)19/h3-6,11,13,21H,1-2,7-10H2/t11-,13+/m1/s1. The van der Waals surface area contributed by atoms with Crippen LogP contribution in [0.15, 0.2) is 24.3 Å². The maximum Gasteiger partial charge on any atom is 0.393 e. The first-order chi connectivity index (χ1) is 10.3. The highest BCUT2D eigenvalue weighted by Crippen LogP contribution is 2.33. The van der Waals surface area contributed by atoms with Gasteiger partial charge in [0, 0.05) is 13.1 Å². The van der Waals surface area contributed by atoms with Gasteiger partial charge in [-0.05, 0) is 43.7 Å². The molecular formula is C15H19F4NO2. The first-order valence-electron chi connectivity index (χ1n) is 7.20. The minimum Gasteiger partial charge on any atom is -0.491 e. The average Bonchev–Trinajstić information content (AvgIpc) is 2.46. The van der Waals surface area contributed by atoms with E-state index in [4.69, 9.17) is 4.74 Å². The quantitative estimate of drug-likeness (QED) is 0.847. The number of nitrogens with zero attached hydrogens (tertiary/aromatic N) is 1. The van der Waals surface area contributed by atoms with Crippen LogP contribution in [0.25, 0.3) is 0 Å². The normalized spacial score (nSPS) is 21.6. The maximum absolute atomic E-state index is 12.7. The van der Waals surface area contributed by atoms with Gasteiger partial charge in [0.15, 0.2) is 0 Å². The van der Waals surface area contributed by atoms with E-state index >= 15 is 0 Å². The van der Waals surface area contributed by atoms with Crippen molar-refractivity contribution in [1.29, 1.82) is 0 Å². The van der Waals surface area contributed by atoms with Gasteiger partial charge in [-0.1, -0.05) is 0 Å². The highest BCUT2D eigenvalue weighted by Gasteiger charge is 2.41. The molecule has 1 heterocycles. The van der Waals surface area contributed by atoms with Gasteiger partial charge in [0.2, 0.25) is 0 Å². The number of ether oxygens (including phenoxy) is 1. The number of rotatable bonds is 5. The fraction of sp³-hybridized carbons (Fsp3) is 0.600. The van der Waals surface area contributed by atoms with Crippen LogP contribution in [-0.2, 0) is 0 Å². The Balaban J connectivity index is 1.76. The van der Waals surface area contributed by atoms with Gasteiger partial charge in [-0.15, -0.1) is 0 Å². The lowest BCUT2D eigenvalue weighted by Gasteiger charge is -2.34. The fourth-order valence-electron chi connectivity index (χ4n) is 2.56. The van der Waals surface area contributed by atoms with Crippen LogP contribution in [0, 0.1) is 11.7 Å². The summed E-state index contributed by atoms with van der Waals surface area (Å²) in [5.41, 5.74) is 0. The van der Waals surface area contributed by atoms with Gasteiger partial charge in [-0.25, -0.2) is 4.39 Å². The molecule has 1 saturated heterocycles. The summed E-state index contributed by atoms with van der Waals surface area (Å²) in [5, 5.41) is 9.88. The van der Waals surface area contributed by atoms with Gasteiger partial charge in [0.25, 0.3) is 0 Å². The van der Waals surface area contributed by atoms with Gasteiger partial charge < -0.3 is 14.7 Å². The Hall–Kier alpha value is -1.34. The molecule has 0 saturated carbocycles. The number of hydrogen-bond acceptors (Lipinski definition) is 3. The lowest BCUT2D eigenvalue weighted by molar-refractivity contribution is -0.187. The second-order valence-corrected chi connectivity index (χ2v) is 5.56. The molecule has 0 radical (unpaired) electrons. The Kier molecular flexibility index (Phi) is 5.63. The Morgan fingerprint density at radius 2 is 1.95 bits per heavy atom. The number of alkyl halides is 3. The summed E-state index contributed by atoms with van der Waals surface area (Å²) in [6.07, 6.45) is -4.47. The van der Waals surface area contributed by atoms with E-state index in [2.05, 4.69) is 0 Å². The Morgan fingerprint density at radius 3 is 2.59 bits per heavy atom.